The second-order valence-electron chi connectivity index (χ2n) is 7.58. The summed E-state index contributed by atoms with van der Waals surface area (Å²) in [6.45, 7) is 0.193. The first-order valence-electron chi connectivity index (χ1n) is 10.2. The highest BCUT2D eigenvalue weighted by atomic mass is 32.2. The molecule has 9 heteroatoms. The molecule has 0 saturated heterocycles. The highest BCUT2D eigenvalue weighted by molar-refractivity contribution is 7.84. The van der Waals surface area contributed by atoms with Crippen molar-refractivity contribution >= 4 is 27.9 Å². The molecule has 1 amide bonds. The molecule has 31 heavy (non-hydrogen) atoms. The zero-order valence-electron chi connectivity index (χ0n) is 17.2. The molecular formula is C22H24N4O4S. The van der Waals surface area contributed by atoms with Crippen molar-refractivity contribution in [1.82, 2.24) is 19.9 Å². The number of amides is 1. The molecule has 0 spiro atoms. The van der Waals surface area contributed by atoms with Crippen LogP contribution in [0.25, 0.3) is 11.0 Å². The van der Waals surface area contributed by atoms with Gasteiger partial charge >= 0.3 is 6.09 Å². The Bertz CT molecular complexity index is 1170. The molecule has 1 aliphatic carbocycles. The number of nitrogens with zero attached hydrogens (tertiary/aromatic N) is 3. The standard InChI is InChI=1S/C22H24N4O4S/c1-31(29)21-23-12-16-11-17(13-24-22(28)30-14-15-7-3-2-4-8-15)20(27)26(19(16)25-21)18-9-5-6-10-18/h2-4,7-8,11-12,18H,5-6,9-10,13-14H2,1H3,(H,24,28). The zero-order valence-corrected chi connectivity index (χ0v) is 18.1. The Hall–Kier alpha value is -3.07. The van der Waals surface area contributed by atoms with Crippen molar-refractivity contribution in [2.24, 2.45) is 0 Å². The maximum Gasteiger partial charge on any atom is 0.407 e. The van der Waals surface area contributed by atoms with Crippen LogP contribution in [-0.4, -0.2) is 31.1 Å². The van der Waals surface area contributed by atoms with Crippen LogP contribution in [0.2, 0.25) is 0 Å². The molecule has 1 aliphatic rings. The number of aromatic nitrogens is 3. The number of benzene rings is 1. The minimum absolute atomic E-state index is 0.0352. The van der Waals surface area contributed by atoms with E-state index in [0.29, 0.717) is 16.6 Å². The van der Waals surface area contributed by atoms with Crippen molar-refractivity contribution in [3.63, 3.8) is 0 Å². The van der Waals surface area contributed by atoms with Crippen molar-refractivity contribution in [3.05, 3.63) is 64.1 Å². The van der Waals surface area contributed by atoms with E-state index in [1.165, 1.54) is 6.26 Å². The second kappa shape index (κ2) is 9.38. The Morgan fingerprint density at radius 1 is 1.26 bits per heavy atom. The van der Waals surface area contributed by atoms with Crippen LogP contribution in [0.3, 0.4) is 0 Å². The van der Waals surface area contributed by atoms with E-state index in [4.69, 9.17) is 4.74 Å². The van der Waals surface area contributed by atoms with E-state index >= 15 is 0 Å². The van der Waals surface area contributed by atoms with Crippen LogP contribution in [0.4, 0.5) is 4.79 Å². The molecule has 1 N–H and O–H groups in total. The van der Waals surface area contributed by atoms with Crippen molar-refractivity contribution in [2.75, 3.05) is 6.26 Å². The molecule has 0 bridgehead atoms. The topological polar surface area (TPSA) is 103 Å². The summed E-state index contributed by atoms with van der Waals surface area (Å²) in [7, 11) is -1.35. The number of fused-ring (bicyclic) bond motifs is 1. The Balaban J connectivity index is 1.58. The van der Waals surface area contributed by atoms with Gasteiger partial charge in [-0.3, -0.25) is 13.6 Å². The van der Waals surface area contributed by atoms with Crippen molar-refractivity contribution in [2.45, 2.75) is 50.0 Å². The van der Waals surface area contributed by atoms with Gasteiger partial charge in [-0.2, -0.15) is 0 Å². The molecule has 4 rings (SSSR count). The number of carbonyl (C=O) groups is 1. The molecule has 0 aliphatic heterocycles. The van der Waals surface area contributed by atoms with E-state index in [1.54, 1.807) is 16.8 Å². The van der Waals surface area contributed by atoms with E-state index in [-0.39, 0.29) is 29.9 Å². The summed E-state index contributed by atoms with van der Waals surface area (Å²) in [5, 5.41) is 3.54. The number of hydrogen-bond acceptors (Lipinski definition) is 6. The van der Waals surface area contributed by atoms with E-state index < -0.39 is 16.9 Å². The molecule has 1 saturated carbocycles. The highest BCUT2D eigenvalue weighted by Crippen LogP contribution is 2.30. The molecule has 1 atom stereocenters. The van der Waals surface area contributed by atoms with E-state index in [9.17, 15) is 13.8 Å². The summed E-state index contributed by atoms with van der Waals surface area (Å²) < 4.78 is 18.8. The first-order valence-corrected chi connectivity index (χ1v) is 11.8. The average molecular weight is 441 g/mol. The number of pyridine rings is 1. The zero-order chi connectivity index (χ0) is 21.8. The predicted octanol–water partition coefficient (Wildman–Crippen LogP) is 3.07. The molecule has 3 aromatic rings. The molecule has 0 radical (unpaired) electrons. The summed E-state index contributed by atoms with van der Waals surface area (Å²) >= 11 is 0. The van der Waals surface area contributed by atoms with Gasteiger partial charge in [0.15, 0.2) is 0 Å². The van der Waals surface area contributed by atoms with E-state index in [1.807, 2.05) is 30.3 Å². The van der Waals surface area contributed by atoms with Crippen LogP contribution in [0.5, 0.6) is 0 Å². The van der Waals surface area contributed by atoms with Gasteiger partial charge in [-0.05, 0) is 24.5 Å². The van der Waals surface area contributed by atoms with Crippen LogP contribution >= 0.6 is 0 Å². The molecule has 8 nitrogen and oxygen atoms in total. The predicted molar refractivity (Wildman–Crippen MR) is 117 cm³/mol. The Morgan fingerprint density at radius 3 is 2.71 bits per heavy atom. The van der Waals surface area contributed by atoms with Crippen LogP contribution in [-0.2, 0) is 28.7 Å². The lowest BCUT2D eigenvalue weighted by Crippen LogP contribution is -2.32. The molecule has 162 valence electrons. The smallest absolute Gasteiger partial charge is 0.407 e. The lowest BCUT2D eigenvalue weighted by Gasteiger charge is -2.18. The van der Waals surface area contributed by atoms with Gasteiger partial charge in [0.25, 0.3) is 5.56 Å². The van der Waals surface area contributed by atoms with Crippen LogP contribution in [0.15, 0.2) is 52.5 Å². The van der Waals surface area contributed by atoms with Gasteiger partial charge in [0.1, 0.15) is 12.3 Å². The summed E-state index contributed by atoms with van der Waals surface area (Å²) in [6.07, 6.45) is 6.37. The van der Waals surface area contributed by atoms with Crippen molar-refractivity contribution in [1.29, 1.82) is 0 Å². The van der Waals surface area contributed by atoms with Gasteiger partial charge in [-0.15, -0.1) is 0 Å². The summed E-state index contributed by atoms with van der Waals surface area (Å²) in [6, 6.07) is 11.1. The first-order chi connectivity index (χ1) is 15.0. The summed E-state index contributed by atoms with van der Waals surface area (Å²) in [4.78, 5) is 34.0. The highest BCUT2D eigenvalue weighted by Gasteiger charge is 2.23. The molecule has 1 unspecified atom stereocenters. The minimum Gasteiger partial charge on any atom is -0.445 e. The normalized spacial score (nSPS) is 15.1. The molecular weight excluding hydrogens is 416 g/mol. The van der Waals surface area contributed by atoms with Gasteiger partial charge in [-0.1, -0.05) is 43.2 Å². The lowest BCUT2D eigenvalue weighted by molar-refractivity contribution is 0.139. The maximum atomic E-state index is 13.3. The summed E-state index contributed by atoms with van der Waals surface area (Å²) in [5.74, 6) is 0. The molecule has 2 aromatic heterocycles. The number of alkyl carbamates (subject to hydrolysis) is 1. The third kappa shape index (κ3) is 4.82. The average Bonchev–Trinajstić information content (AvgIpc) is 3.31. The monoisotopic (exact) mass is 440 g/mol. The number of nitrogens with one attached hydrogen (secondary N) is 1. The Labute approximate surface area is 182 Å². The first kappa shape index (κ1) is 21.2. The van der Waals surface area contributed by atoms with E-state index in [0.717, 1.165) is 31.2 Å². The third-order valence-corrected chi connectivity index (χ3v) is 6.12. The fraction of sp³-hybridized carbons (Fsp3) is 0.364. The lowest BCUT2D eigenvalue weighted by atomic mass is 10.1. The van der Waals surface area contributed by atoms with Gasteiger partial charge in [0.2, 0.25) is 5.16 Å². The number of ether oxygens (including phenoxy) is 1. The van der Waals surface area contributed by atoms with Crippen LogP contribution in [0, 0.1) is 0 Å². The fourth-order valence-electron chi connectivity index (χ4n) is 3.87. The number of hydrogen-bond donors (Lipinski definition) is 1. The van der Waals surface area contributed by atoms with Crippen LogP contribution < -0.4 is 10.9 Å². The minimum atomic E-state index is -1.35. The van der Waals surface area contributed by atoms with Gasteiger partial charge < -0.3 is 10.1 Å². The third-order valence-electron chi connectivity index (χ3n) is 5.41. The van der Waals surface area contributed by atoms with Crippen LogP contribution in [0.1, 0.15) is 42.9 Å². The van der Waals surface area contributed by atoms with Gasteiger partial charge in [-0.25, -0.2) is 14.8 Å². The second-order valence-corrected chi connectivity index (χ2v) is 8.86. The maximum absolute atomic E-state index is 13.3. The quantitative estimate of drug-likeness (QED) is 0.591. The Morgan fingerprint density at radius 2 is 2.00 bits per heavy atom. The largest absolute Gasteiger partial charge is 0.445 e. The van der Waals surface area contributed by atoms with Crippen molar-refractivity contribution < 1.29 is 13.7 Å². The number of rotatable bonds is 6. The fourth-order valence-corrected chi connectivity index (χ4v) is 4.29. The molecule has 2 heterocycles. The summed E-state index contributed by atoms with van der Waals surface area (Å²) in [5.41, 5.74) is 1.61. The number of carbonyl (C=O) groups excluding carboxylic acids is 1. The van der Waals surface area contributed by atoms with Gasteiger partial charge in [0.05, 0.1) is 17.3 Å². The van der Waals surface area contributed by atoms with Crippen molar-refractivity contribution in [3.8, 4) is 0 Å². The SMILES string of the molecule is CS(=O)c1ncc2cc(CNC(=O)OCc3ccccc3)c(=O)n(C3CCCC3)c2n1. The van der Waals surface area contributed by atoms with E-state index in [2.05, 4.69) is 15.3 Å². The molecule has 1 aromatic carbocycles. The Kier molecular flexibility index (Phi) is 6.41. The van der Waals surface area contributed by atoms with Gasteiger partial charge in [0, 0.05) is 29.4 Å². The molecule has 1 fully saturated rings.